The van der Waals surface area contributed by atoms with Crippen LogP contribution in [-0.4, -0.2) is 39.8 Å². The number of carbonyl (C=O) groups is 1. The fourth-order valence-corrected chi connectivity index (χ4v) is 6.08. The maximum Gasteiger partial charge on any atom is 0.416 e. The average Bonchev–Trinajstić information content (AvgIpc) is 3.65. The van der Waals surface area contributed by atoms with Gasteiger partial charge >= 0.3 is 12.2 Å². The second-order valence-electron chi connectivity index (χ2n) is 10.8. The van der Waals surface area contributed by atoms with Crippen molar-refractivity contribution in [2.45, 2.75) is 70.4 Å². The van der Waals surface area contributed by atoms with Crippen LogP contribution in [0.1, 0.15) is 66.9 Å². The number of fused-ring (bicyclic) bond motifs is 1. The fourth-order valence-electron chi connectivity index (χ4n) is 6.08. The van der Waals surface area contributed by atoms with E-state index in [0.717, 1.165) is 30.0 Å². The Bertz CT molecular complexity index is 1370. The highest BCUT2D eigenvalue weighted by atomic mass is 19.4. The number of hydrogen-bond acceptors (Lipinski definition) is 3. The molecule has 0 N–H and O–H groups in total. The van der Waals surface area contributed by atoms with Gasteiger partial charge in [0.25, 0.3) is 0 Å². The lowest BCUT2D eigenvalue weighted by Gasteiger charge is -2.46. The van der Waals surface area contributed by atoms with Crippen molar-refractivity contribution in [1.29, 1.82) is 0 Å². The normalized spacial score (nSPS) is 20.5. The molecule has 2 amide bonds. The Labute approximate surface area is 224 Å². The van der Waals surface area contributed by atoms with Crippen molar-refractivity contribution in [3.05, 3.63) is 76.7 Å². The summed E-state index contributed by atoms with van der Waals surface area (Å²) in [6.45, 7) is 4.78. The van der Waals surface area contributed by atoms with E-state index >= 15 is 0 Å². The van der Waals surface area contributed by atoms with Crippen LogP contribution in [0, 0.1) is 12.7 Å². The van der Waals surface area contributed by atoms with Gasteiger partial charge in [0.05, 0.1) is 29.9 Å². The summed E-state index contributed by atoms with van der Waals surface area (Å²) in [4.78, 5) is 19.3. The van der Waals surface area contributed by atoms with Gasteiger partial charge in [-0.15, -0.1) is 0 Å². The van der Waals surface area contributed by atoms with Crippen LogP contribution in [0.3, 0.4) is 0 Å². The van der Waals surface area contributed by atoms with Crippen LogP contribution >= 0.6 is 0 Å². The van der Waals surface area contributed by atoms with E-state index in [0.29, 0.717) is 37.4 Å². The van der Waals surface area contributed by atoms with E-state index in [2.05, 4.69) is 0 Å². The Morgan fingerprint density at radius 3 is 2.36 bits per heavy atom. The molecule has 6 nitrogen and oxygen atoms in total. The quantitative estimate of drug-likeness (QED) is 0.332. The molecule has 2 aromatic carbocycles. The number of hydrogen-bond donors (Lipinski definition) is 0. The number of anilines is 2. The number of piperidine rings is 1. The standard InChI is InChI=1S/C29H31F4N5O/c1-18-6-5-9-25(30)26(18)35-14-12-22(13-15-35)38-19(2)23-17-37(21-10-11-21)34-27(23)36(28(38)39)16-20-7-3-4-8-24(20)29(31,32)33/h3-9,17,19,21-22H,10-16H2,1-2H3/t19-/m1/s1. The third-order valence-corrected chi connectivity index (χ3v) is 8.25. The van der Waals surface area contributed by atoms with E-state index in [9.17, 15) is 22.4 Å². The molecule has 0 radical (unpaired) electrons. The van der Waals surface area contributed by atoms with Gasteiger partial charge in [-0.2, -0.15) is 18.3 Å². The molecular weight excluding hydrogens is 510 g/mol. The molecule has 0 spiro atoms. The van der Waals surface area contributed by atoms with E-state index < -0.39 is 11.7 Å². The maximum atomic E-state index is 14.6. The van der Waals surface area contributed by atoms with Crippen LogP contribution in [-0.2, 0) is 12.7 Å². The molecule has 39 heavy (non-hydrogen) atoms. The number of para-hydroxylation sites is 1. The minimum atomic E-state index is -4.53. The van der Waals surface area contributed by atoms with Gasteiger partial charge in [-0.05, 0) is 62.8 Å². The van der Waals surface area contributed by atoms with Gasteiger partial charge in [0, 0.05) is 30.9 Å². The predicted molar refractivity (Wildman–Crippen MR) is 140 cm³/mol. The van der Waals surface area contributed by atoms with Crippen molar-refractivity contribution >= 4 is 17.5 Å². The number of alkyl halides is 3. The number of benzene rings is 2. The summed E-state index contributed by atoms with van der Waals surface area (Å²) < 4.78 is 57.9. The van der Waals surface area contributed by atoms with Crippen molar-refractivity contribution in [1.82, 2.24) is 14.7 Å². The van der Waals surface area contributed by atoms with Crippen LogP contribution in [0.25, 0.3) is 0 Å². The summed E-state index contributed by atoms with van der Waals surface area (Å²) in [5.41, 5.74) is 1.58. The summed E-state index contributed by atoms with van der Waals surface area (Å²) in [7, 11) is 0. The zero-order chi connectivity index (χ0) is 27.5. The molecule has 1 aromatic heterocycles. The number of amides is 2. The lowest BCUT2D eigenvalue weighted by molar-refractivity contribution is -0.138. The van der Waals surface area contributed by atoms with E-state index in [1.165, 1.54) is 23.1 Å². The molecule has 3 aromatic rings. The van der Waals surface area contributed by atoms with Gasteiger partial charge in [-0.3, -0.25) is 9.58 Å². The molecule has 3 heterocycles. The fraction of sp³-hybridized carbons (Fsp3) is 0.448. The number of aromatic nitrogens is 2. The Balaban J connectivity index is 1.31. The maximum absolute atomic E-state index is 14.6. The molecule has 3 aliphatic rings. The first-order valence-electron chi connectivity index (χ1n) is 13.5. The highest BCUT2D eigenvalue weighted by Crippen LogP contribution is 2.44. The second kappa shape index (κ2) is 9.57. The molecule has 2 fully saturated rings. The Hall–Kier alpha value is -3.56. The van der Waals surface area contributed by atoms with Crippen LogP contribution in [0.15, 0.2) is 48.7 Å². The minimum absolute atomic E-state index is 0.0321. The third kappa shape index (κ3) is 4.63. The van der Waals surface area contributed by atoms with Crippen molar-refractivity contribution < 1.29 is 22.4 Å². The molecule has 0 bridgehead atoms. The number of aryl methyl sites for hydroxylation is 1. The lowest BCUT2D eigenvalue weighted by Crippen LogP contribution is -2.55. The topological polar surface area (TPSA) is 44.6 Å². The largest absolute Gasteiger partial charge is 0.416 e. The summed E-state index contributed by atoms with van der Waals surface area (Å²) >= 11 is 0. The molecule has 206 valence electrons. The van der Waals surface area contributed by atoms with Gasteiger partial charge in [-0.1, -0.05) is 30.3 Å². The van der Waals surface area contributed by atoms with Gasteiger partial charge in [0.15, 0.2) is 5.82 Å². The number of carbonyl (C=O) groups excluding carboxylic acids is 1. The van der Waals surface area contributed by atoms with E-state index in [1.54, 1.807) is 12.1 Å². The number of urea groups is 1. The molecule has 1 atom stereocenters. The van der Waals surface area contributed by atoms with Crippen LogP contribution < -0.4 is 9.80 Å². The zero-order valence-corrected chi connectivity index (χ0v) is 22.0. The highest BCUT2D eigenvalue weighted by molar-refractivity contribution is 5.94. The SMILES string of the molecule is Cc1cccc(F)c1N1CCC(N2C(=O)N(Cc3ccccc3C(F)(F)F)c3nn(C4CC4)cc3[C@H]2C)CC1. The minimum Gasteiger partial charge on any atom is -0.369 e. The van der Waals surface area contributed by atoms with E-state index in [-0.39, 0.29) is 42.1 Å². The van der Waals surface area contributed by atoms with Crippen LogP contribution in [0.2, 0.25) is 0 Å². The molecule has 1 aliphatic carbocycles. The van der Waals surface area contributed by atoms with E-state index in [4.69, 9.17) is 5.10 Å². The van der Waals surface area contributed by atoms with Gasteiger partial charge < -0.3 is 9.80 Å². The van der Waals surface area contributed by atoms with Crippen molar-refractivity contribution in [2.24, 2.45) is 0 Å². The zero-order valence-electron chi connectivity index (χ0n) is 22.0. The van der Waals surface area contributed by atoms with Crippen molar-refractivity contribution in [3.63, 3.8) is 0 Å². The second-order valence-corrected chi connectivity index (χ2v) is 10.8. The van der Waals surface area contributed by atoms with E-state index in [1.807, 2.05) is 40.6 Å². The Morgan fingerprint density at radius 1 is 0.974 bits per heavy atom. The monoisotopic (exact) mass is 541 g/mol. The summed E-state index contributed by atoms with van der Waals surface area (Å²) in [5.74, 6) is 0.176. The van der Waals surface area contributed by atoms with Crippen molar-refractivity contribution in [3.8, 4) is 0 Å². The lowest BCUT2D eigenvalue weighted by atomic mass is 9.96. The first kappa shape index (κ1) is 25.7. The Morgan fingerprint density at radius 2 is 1.69 bits per heavy atom. The Kier molecular flexibility index (Phi) is 6.31. The molecule has 2 aliphatic heterocycles. The molecule has 1 saturated heterocycles. The molecule has 6 rings (SSSR count). The first-order valence-corrected chi connectivity index (χ1v) is 13.5. The molecular formula is C29H31F4N5O. The first-order chi connectivity index (χ1) is 18.6. The highest BCUT2D eigenvalue weighted by Gasteiger charge is 2.44. The van der Waals surface area contributed by atoms with Crippen molar-refractivity contribution in [2.75, 3.05) is 22.9 Å². The van der Waals surface area contributed by atoms with Gasteiger partial charge in [0.1, 0.15) is 5.82 Å². The summed E-state index contributed by atoms with van der Waals surface area (Å²) in [6, 6.07) is 9.95. The van der Waals surface area contributed by atoms with Crippen LogP contribution in [0.4, 0.5) is 33.9 Å². The van der Waals surface area contributed by atoms with Gasteiger partial charge in [0.2, 0.25) is 0 Å². The van der Waals surface area contributed by atoms with Gasteiger partial charge in [-0.25, -0.2) is 9.18 Å². The molecule has 1 saturated carbocycles. The summed E-state index contributed by atoms with van der Waals surface area (Å²) in [5, 5.41) is 4.70. The molecule has 10 heteroatoms. The third-order valence-electron chi connectivity index (χ3n) is 8.25. The average molecular weight is 542 g/mol. The smallest absolute Gasteiger partial charge is 0.369 e. The number of halogens is 4. The predicted octanol–water partition coefficient (Wildman–Crippen LogP) is 6.86. The molecule has 0 unspecified atom stereocenters. The number of rotatable bonds is 5. The number of nitrogens with zero attached hydrogens (tertiary/aromatic N) is 5. The summed E-state index contributed by atoms with van der Waals surface area (Å²) in [6.07, 6.45) is 0.675. The van der Waals surface area contributed by atoms with Crippen LogP contribution in [0.5, 0.6) is 0 Å².